The van der Waals surface area contributed by atoms with Crippen LogP contribution in [0.3, 0.4) is 0 Å². The summed E-state index contributed by atoms with van der Waals surface area (Å²) < 4.78 is 0. The molecule has 1 aliphatic rings. The molecule has 0 aromatic carbocycles. The Labute approximate surface area is 76.9 Å². The summed E-state index contributed by atoms with van der Waals surface area (Å²) in [6, 6.07) is 0.756. The fourth-order valence-corrected chi connectivity index (χ4v) is 2.61. The van der Waals surface area contributed by atoms with Crippen molar-refractivity contribution in [2.75, 3.05) is 7.05 Å². The first-order chi connectivity index (χ1) is 5.59. The third kappa shape index (κ3) is 2.22. The van der Waals surface area contributed by atoms with Gasteiger partial charge in [0.25, 0.3) is 0 Å². The average Bonchev–Trinajstić information content (AvgIpc) is 2.34. The normalized spacial score (nSPS) is 30.5. The summed E-state index contributed by atoms with van der Waals surface area (Å²) in [7, 11) is 2.10. The van der Waals surface area contributed by atoms with Crippen LogP contribution in [0.25, 0.3) is 0 Å². The van der Waals surface area contributed by atoms with Crippen molar-refractivity contribution >= 4 is 0 Å². The molecule has 1 nitrogen and oxygen atoms in total. The minimum Gasteiger partial charge on any atom is -0.317 e. The molecule has 0 aromatic rings. The van der Waals surface area contributed by atoms with Crippen molar-refractivity contribution in [2.24, 2.45) is 11.3 Å². The highest BCUT2D eigenvalue weighted by Crippen LogP contribution is 2.42. The van der Waals surface area contributed by atoms with Gasteiger partial charge in [0.1, 0.15) is 0 Å². The van der Waals surface area contributed by atoms with Crippen molar-refractivity contribution in [3.8, 4) is 0 Å². The van der Waals surface area contributed by atoms with Crippen LogP contribution >= 0.6 is 0 Å². The quantitative estimate of drug-likeness (QED) is 0.685. The van der Waals surface area contributed by atoms with Crippen molar-refractivity contribution in [3.63, 3.8) is 0 Å². The van der Waals surface area contributed by atoms with E-state index in [0.29, 0.717) is 5.41 Å². The lowest BCUT2D eigenvalue weighted by Gasteiger charge is -2.23. The molecule has 1 heteroatoms. The maximum absolute atomic E-state index is 3.43. The average molecular weight is 169 g/mol. The van der Waals surface area contributed by atoms with Gasteiger partial charge in [-0.25, -0.2) is 0 Å². The SMILES string of the molecule is CCC(NC)C1CCC(C)(C)C1. The van der Waals surface area contributed by atoms with E-state index in [1.807, 2.05) is 0 Å². The Morgan fingerprint density at radius 1 is 1.50 bits per heavy atom. The summed E-state index contributed by atoms with van der Waals surface area (Å²) in [4.78, 5) is 0. The molecule has 2 atom stereocenters. The van der Waals surface area contributed by atoms with Crippen LogP contribution in [0.1, 0.15) is 46.5 Å². The lowest BCUT2D eigenvalue weighted by Crippen LogP contribution is -2.31. The molecule has 0 saturated heterocycles. The van der Waals surface area contributed by atoms with Crippen LogP contribution in [-0.4, -0.2) is 13.1 Å². The van der Waals surface area contributed by atoms with E-state index in [9.17, 15) is 0 Å². The summed E-state index contributed by atoms with van der Waals surface area (Å²) >= 11 is 0. The molecule has 1 fully saturated rings. The molecule has 0 aromatic heterocycles. The molecule has 0 spiro atoms. The highest BCUT2D eigenvalue weighted by Gasteiger charge is 2.33. The Hall–Kier alpha value is -0.0400. The summed E-state index contributed by atoms with van der Waals surface area (Å²) in [5.41, 5.74) is 0.606. The van der Waals surface area contributed by atoms with E-state index in [4.69, 9.17) is 0 Å². The predicted molar refractivity (Wildman–Crippen MR) is 54.3 cm³/mol. The Morgan fingerprint density at radius 2 is 2.17 bits per heavy atom. The van der Waals surface area contributed by atoms with Crippen LogP contribution in [0.5, 0.6) is 0 Å². The van der Waals surface area contributed by atoms with Crippen LogP contribution in [0, 0.1) is 11.3 Å². The van der Waals surface area contributed by atoms with Gasteiger partial charge < -0.3 is 5.32 Å². The molecule has 0 bridgehead atoms. The van der Waals surface area contributed by atoms with Gasteiger partial charge in [0.05, 0.1) is 0 Å². The van der Waals surface area contributed by atoms with E-state index in [-0.39, 0.29) is 0 Å². The molecule has 0 aliphatic heterocycles. The number of hydrogen-bond acceptors (Lipinski definition) is 1. The van der Waals surface area contributed by atoms with E-state index in [1.54, 1.807) is 0 Å². The topological polar surface area (TPSA) is 12.0 Å². The summed E-state index contributed by atoms with van der Waals surface area (Å²) in [5.74, 6) is 0.926. The van der Waals surface area contributed by atoms with Gasteiger partial charge >= 0.3 is 0 Å². The predicted octanol–water partition coefficient (Wildman–Crippen LogP) is 2.81. The van der Waals surface area contributed by atoms with Gasteiger partial charge in [-0.05, 0) is 44.1 Å². The van der Waals surface area contributed by atoms with Crippen LogP contribution < -0.4 is 5.32 Å². The van der Waals surface area contributed by atoms with Crippen LogP contribution in [-0.2, 0) is 0 Å². The molecule has 1 N–H and O–H groups in total. The van der Waals surface area contributed by atoms with Crippen LogP contribution in [0.15, 0.2) is 0 Å². The van der Waals surface area contributed by atoms with Gasteiger partial charge in [0.15, 0.2) is 0 Å². The van der Waals surface area contributed by atoms with Crippen LogP contribution in [0.4, 0.5) is 0 Å². The molecule has 0 radical (unpaired) electrons. The lowest BCUT2D eigenvalue weighted by molar-refractivity contribution is 0.315. The van der Waals surface area contributed by atoms with Gasteiger partial charge in [-0.2, -0.15) is 0 Å². The molecule has 0 amide bonds. The first kappa shape index (κ1) is 10.0. The monoisotopic (exact) mass is 169 g/mol. The summed E-state index contributed by atoms with van der Waals surface area (Å²) in [6.45, 7) is 7.08. The summed E-state index contributed by atoms with van der Waals surface area (Å²) in [6.07, 6.45) is 5.52. The molecule has 12 heavy (non-hydrogen) atoms. The van der Waals surface area contributed by atoms with Crippen LogP contribution in [0.2, 0.25) is 0 Å². The fourth-order valence-electron chi connectivity index (χ4n) is 2.61. The molecule has 1 saturated carbocycles. The molecule has 1 rings (SSSR count). The first-order valence-electron chi connectivity index (χ1n) is 5.26. The van der Waals surface area contributed by atoms with Crippen molar-refractivity contribution in [1.82, 2.24) is 5.32 Å². The van der Waals surface area contributed by atoms with Gasteiger partial charge in [-0.15, -0.1) is 0 Å². The van der Waals surface area contributed by atoms with E-state index in [0.717, 1.165) is 12.0 Å². The second-order valence-electron chi connectivity index (χ2n) is 4.97. The molecule has 2 unspecified atom stereocenters. The third-order valence-electron chi connectivity index (χ3n) is 3.39. The Kier molecular flexibility index (Phi) is 3.16. The number of nitrogens with one attached hydrogen (secondary N) is 1. The number of rotatable bonds is 3. The van der Waals surface area contributed by atoms with Crippen molar-refractivity contribution in [1.29, 1.82) is 0 Å². The Bertz CT molecular complexity index is 136. The van der Waals surface area contributed by atoms with Gasteiger partial charge in [-0.1, -0.05) is 20.8 Å². The second-order valence-corrected chi connectivity index (χ2v) is 4.97. The Morgan fingerprint density at radius 3 is 2.50 bits per heavy atom. The minimum absolute atomic E-state index is 0.606. The van der Waals surface area contributed by atoms with Crippen molar-refractivity contribution < 1.29 is 0 Å². The molecule has 1 aliphatic carbocycles. The van der Waals surface area contributed by atoms with Crippen molar-refractivity contribution in [3.05, 3.63) is 0 Å². The zero-order chi connectivity index (χ0) is 9.19. The van der Waals surface area contributed by atoms with Crippen molar-refractivity contribution in [2.45, 2.75) is 52.5 Å². The maximum Gasteiger partial charge on any atom is 0.00899 e. The van der Waals surface area contributed by atoms with Gasteiger partial charge in [0, 0.05) is 6.04 Å². The molecular weight excluding hydrogens is 146 g/mol. The van der Waals surface area contributed by atoms with Gasteiger partial charge in [-0.3, -0.25) is 0 Å². The smallest absolute Gasteiger partial charge is 0.00899 e. The minimum atomic E-state index is 0.606. The van der Waals surface area contributed by atoms with E-state index in [1.165, 1.54) is 25.7 Å². The summed E-state index contributed by atoms with van der Waals surface area (Å²) in [5, 5.41) is 3.43. The fraction of sp³-hybridized carbons (Fsp3) is 1.00. The molecule has 72 valence electrons. The lowest BCUT2D eigenvalue weighted by atomic mass is 9.88. The third-order valence-corrected chi connectivity index (χ3v) is 3.39. The highest BCUT2D eigenvalue weighted by atomic mass is 14.9. The molecule has 0 heterocycles. The highest BCUT2D eigenvalue weighted by molar-refractivity contribution is 4.87. The van der Waals surface area contributed by atoms with Gasteiger partial charge in [0.2, 0.25) is 0 Å². The van der Waals surface area contributed by atoms with E-state index < -0.39 is 0 Å². The largest absolute Gasteiger partial charge is 0.317 e. The zero-order valence-corrected chi connectivity index (χ0v) is 8.98. The zero-order valence-electron chi connectivity index (χ0n) is 8.98. The second kappa shape index (κ2) is 3.78. The van der Waals surface area contributed by atoms with E-state index >= 15 is 0 Å². The maximum atomic E-state index is 3.43. The molecular formula is C11H23N. The number of hydrogen-bond donors (Lipinski definition) is 1. The Balaban J connectivity index is 2.45. The standard InChI is InChI=1S/C11H23N/c1-5-10(12-4)9-6-7-11(2,3)8-9/h9-10,12H,5-8H2,1-4H3. The van der Waals surface area contributed by atoms with E-state index in [2.05, 4.69) is 33.1 Å². The first-order valence-corrected chi connectivity index (χ1v) is 5.26.